The first kappa shape index (κ1) is 15.4. The van der Waals surface area contributed by atoms with Gasteiger partial charge in [0.15, 0.2) is 6.04 Å². The topological polar surface area (TPSA) is 66.8 Å². The molecule has 1 amide bonds. The minimum atomic E-state index is -1.06. The summed E-state index contributed by atoms with van der Waals surface area (Å²) in [6, 6.07) is 5.03. The number of halogens is 1. The van der Waals surface area contributed by atoms with Crippen LogP contribution in [0.3, 0.4) is 0 Å². The number of nitrogens with zero attached hydrogens (tertiary/aromatic N) is 1. The second-order valence-corrected chi connectivity index (χ2v) is 5.19. The van der Waals surface area contributed by atoms with E-state index in [9.17, 15) is 14.0 Å². The molecular formula is C15H18FNO4. The number of hydrogen-bond acceptors (Lipinski definition) is 3. The van der Waals surface area contributed by atoms with E-state index in [1.807, 2.05) is 0 Å². The van der Waals surface area contributed by atoms with E-state index in [0.717, 1.165) is 5.56 Å². The van der Waals surface area contributed by atoms with Crippen LogP contribution in [-0.2, 0) is 20.7 Å². The average Bonchev–Trinajstić information content (AvgIpc) is 2.48. The van der Waals surface area contributed by atoms with Crippen LogP contribution >= 0.6 is 0 Å². The fraction of sp³-hybridized carbons (Fsp3) is 0.467. The minimum absolute atomic E-state index is 0.0182. The van der Waals surface area contributed by atoms with Crippen LogP contribution in [-0.4, -0.2) is 47.7 Å². The lowest BCUT2D eigenvalue weighted by Crippen LogP contribution is -2.54. The number of carboxylic acids is 1. The fourth-order valence-electron chi connectivity index (χ4n) is 2.42. The van der Waals surface area contributed by atoms with Crippen LogP contribution in [0.2, 0.25) is 0 Å². The van der Waals surface area contributed by atoms with Crippen LogP contribution in [0.4, 0.5) is 4.39 Å². The molecule has 2 atom stereocenters. The Kier molecular flexibility index (Phi) is 4.90. The Morgan fingerprint density at radius 3 is 2.71 bits per heavy atom. The molecule has 5 nitrogen and oxygen atoms in total. The predicted molar refractivity (Wildman–Crippen MR) is 73.2 cm³/mol. The highest BCUT2D eigenvalue weighted by Crippen LogP contribution is 2.16. The zero-order chi connectivity index (χ0) is 15.4. The lowest BCUT2D eigenvalue weighted by molar-refractivity contribution is -0.160. The van der Waals surface area contributed by atoms with Gasteiger partial charge in [0, 0.05) is 12.5 Å². The minimum Gasteiger partial charge on any atom is -0.480 e. The zero-order valence-electron chi connectivity index (χ0n) is 11.8. The summed E-state index contributed by atoms with van der Waals surface area (Å²) in [5, 5.41) is 9.14. The second-order valence-electron chi connectivity index (χ2n) is 5.19. The first-order valence-corrected chi connectivity index (χ1v) is 6.84. The number of ether oxygens (including phenoxy) is 1. The van der Waals surface area contributed by atoms with Gasteiger partial charge in [-0.15, -0.1) is 0 Å². The summed E-state index contributed by atoms with van der Waals surface area (Å²) in [6.07, 6.45) is 0.447. The molecule has 0 radical (unpaired) electrons. The first-order chi connectivity index (χ1) is 9.99. The van der Waals surface area contributed by atoms with E-state index in [0.29, 0.717) is 13.0 Å². The highest BCUT2D eigenvalue weighted by molar-refractivity contribution is 5.85. The van der Waals surface area contributed by atoms with Crippen LogP contribution in [0.1, 0.15) is 12.5 Å². The van der Waals surface area contributed by atoms with Gasteiger partial charge in [-0.05, 0) is 24.1 Å². The van der Waals surface area contributed by atoms with Gasteiger partial charge in [0.1, 0.15) is 5.82 Å². The highest BCUT2D eigenvalue weighted by atomic mass is 19.1. The van der Waals surface area contributed by atoms with Gasteiger partial charge in [-0.2, -0.15) is 0 Å². The van der Waals surface area contributed by atoms with Gasteiger partial charge >= 0.3 is 5.97 Å². The van der Waals surface area contributed by atoms with E-state index in [2.05, 4.69) is 0 Å². The molecule has 2 rings (SSSR count). The maximum atomic E-state index is 12.9. The maximum Gasteiger partial charge on any atom is 0.328 e. The molecule has 0 aromatic heterocycles. The Bertz CT molecular complexity index is 517. The lowest BCUT2D eigenvalue weighted by Gasteiger charge is -2.34. The molecule has 21 heavy (non-hydrogen) atoms. The molecule has 0 aliphatic carbocycles. The third-order valence-corrected chi connectivity index (χ3v) is 3.57. The lowest BCUT2D eigenvalue weighted by atomic mass is 9.99. The van der Waals surface area contributed by atoms with Crippen LogP contribution in [0.5, 0.6) is 0 Å². The van der Waals surface area contributed by atoms with Crippen LogP contribution in [0.15, 0.2) is 24.3 Å². The summed E-state index contributed by atoms with van der Waals surface area (Å²) in [7, 11) is 0. The molecule has 1 N–H and O–H groups in total. The van der Waals surface area contributed by atoms with Gasteiger partial charge in [-0.25, -0.2) is 9.18 Å². The Labute approximate surface area is 122 Å². The maximum absolute atomic E-state index is 12.9. The molecule has 0 unspecified atom stereocenters. The molecule has 6 heteroatoms. The number of rotatable bonds is 4. The summed E-state index contributed by atoms with van der Waals surface area (Å²) >= 11 is 0. The molecule has 0 saturated carbocycles. The fourth-order valence-corrected chi connectivity index (χ4v) is 2.42. The molecule has 1 heterocycles. The summed E-state index contributed by atoms with van der Waals surface area (Å²) in [5.41, 5.74) is 0.845. The number of benzene rings is 1. The Balaban J connectivity index is 2.03. The van der Waals surface area contributed by atoms with Crippen molar-refractivity contribution in [2.24, 2.45) is 5.92 Å². The van der Waals surface area contributed by atoms with Gasteiger partial charge in [0.05, 0.1) is 13.2 Å². The van der Waals surface area contributed by atoms with Gasteiger partial charge in [0.2, 0.25) is 5.91 Å². The van der Waals surface area contributed by atoms with Crippen molar-refractivity contribution in [2.75, 3.05) is 19.8 Å². The third kappa shape index (κ3) is 3.78. The van der Waals surface area contributed by atoms with Crippen molar-refractivity contribution in [3.05, 3.63) is 35.6 Å². The largest absolute Gasteiger partial charge is 0.480 e. The van der Waals surface area contributed by atoms with Crippen LogP contribution in [0.25, 0.3) is 0 Å². The standard InChI is InChI=1S/C15H18FNO4/c1-10(8-11-2-4-12(16)5-3-11)14(18)17-6-7-21-9-13(17)15(19)20/h2-5,10,13H,6-9H2,1H3,(H,19,20)/t10-,13+/m0/s1. The Morgan fingerprint density at radius 2 is 2.10 bits per heavy atom. The van der Waals surface area contributed by atoms with Gasteiger partial charge < -0.3 is 14.7 Å². The SMILES string of the molecule is C[C@@H](Cc1ccc(F)cc1)C(=O)N1CCOC[C@@H]1C(=O)O. The number of carbonyl (C=O) groups excluding carboxylic acids is 1. The zero-order valence-corrected chi connectivity index (χ0v) is 11.8. The quantitative estimate of drug-likeness (QED) is 0.909. The highest BCUT2D eigenvalue weighted by Gasteiger charge is 2.34. The van der Waals surface area contributed by atoms with E-state index < -0.39 is 12.0 Å². The first-order valence-electron chi connectivity index (χ1n) is 6.84. The number of carbonyl (C=O) groups is 2. The Hall–Kier alpha value is -1.95. The van der Waals surface area contributed by atoms with Crippen LogP contribution < -0.4 is 0 Å². The molecule has 1 saturated heterocycles. The molecule has 1 aliphatic rings. The summed E-state index contributed by atoms with van der Waals surface area (Å²) in [6.45, 7) is 2.40. The smallest absolute Gasteiger partial charge is 0.328 e. The molecular weight excluding hydrogens is 277 g/mol. The van der Waals surface area contributed by atoms with E-state index in [1.165, 1.54) is 17.0 Å². The van der Waals surface area contributed by atoms with Crippen molar-refractivity contribution in [1.29, 1.82) is 0 Å². The van der Waals surface area contributed by atoms with Gasteiger partial charge in [-0.3, -0.25) is 4.79 Å². The molecule has 1 aromatic rings. The number of hydrogen-bond donors (Lipinski definition) is 1. The van der Waals surface area contributed by atoms with E-state index >= 15 is 0 Å². The van der Waals surface area contributed by atoms with Crippen molar-refractivity contribution in [3.63, 3.8) is 0 Å². The Morgan fingerprint density at radius 1 is 1.43 bits per heavy atom. The second kappa shape index (κ2) is 6.67. The van der Waals surface area contributed by atoms with Crippen molar-refractivity contribution < 1.29 is 23.8 Å². The number of amides is 1. The molecule has 0 spiro atoms. The van der Waals surface area contributed by atoms with Gasteiger partial charge in [-0.1, -0.05) is 19.1 Å². The molecule has 1 aromatic carbocycles. The van der Waals surface area contributed by atoms with Crippen molar-refractivity contribution in [3.8, 4) is 0 Å². The monoisotopic (exact) mass is 295 g/mol. The summed E-state index contributed by atoms with van der Waals surface area (Å²) in [5.74, 6) is -1.96. The number of carboxylic acid groups (broad SMARTS) is 1. The number of morpholine rings is 1. The average molecular weight is 295 g/mol. The van der Waals surface area contributed by atoms with E-state index in [-0.39, 0.29) is 30.8 Å². The third-order valence-electron chi connectivity index (χ3n) is 3.57. The molecule has 114 valence electrons. The van der Waals surface area contributed by atoms with Gasteiger partial charge in [0.25, 0.3) is 0 Å². The molecule has 1 fully saturated rings. The van der Waals surface area contributed by atoms with Crippen molar-refractivity contribution in [2.45, 2.75) is 19.4 Å². The molecule has 1 aliphatic heterocycles. The molecule has 0 bridgehead atoms. The number of aliphatic carboxylic acids is 1. The van der Waals surface area contributed by atoms with Crippen molar-refractivity contribution in [1.82, 2.24) is 4.90 Å². The predicted octanol–water partition coefficient (Wildman–Crippen LogP) is 1.32. The summed E-state index contributed by atoms with van der Waals surface area (Å²) in [4.78, 5) is 25.0. The normalized spacial score (nSPS) is 20.1. The van der Waals surface area contributed by atoms with E-state index in [1.54, 1.807) is 19.1 Å². The van der Waals surface area contributed by atoms with Crippen molar-refractivity contribution >= 4 is 11.9 Å². The van der Waals surface area contributed by atoms with E-state index in [4.69, 9.17) is 9.84 Å². The van der Waals surface area contributed by atoms with Crippen LogP contribution in [0, 0.1) is 11.7 Å². The summed E-state index contributed by atoms with van der Waals surface area (Å²) < 4.78 is 18.0.